The van der Waals surface area contributed by atoms with Gasteiger partial charge in [-0.2, -0.15) is 0 Å². The molecule has 0 N–H and O–H groups in total. The molecule has 1 aromatic carbocycles. The summed E-state index contributed by atoms with van der Waals surface area (Å²) < 4.78 is 10.6. The average Bonchev–Trinajstić information content (AvgIpc) is 2.39. The van der Waals surface area contributed by atoms with Gasteiger partial charge in [-0.1, -0.05) is 12.1 Å². The fraction of sp³-hybridized carbons (Fsp3) is 0.286. The predicted molar refractivity (Wildman–Crippen MR) is 68.9 cm³/mol. The predicted octanol–water partition coefficient (Wildman–Crippen LogP) is 2.81. The van der Waals surface area contributed by atoms with Crippen molar-refractivity contribution in [1.82, 2.24) is 4.98 Å². The van der Waals surface area contributed by atoms with E-state index in [1.165, 1.54) is 6.20 Å². The second-order valence-electron chi connectivity index (χ2n) is 3.67. The SMILES string of the molecule is CCOC(=O)c1cnc2ccccc2c1OCC. The molecular formula is C14H15NO3. The molecule has 0 amide bonds. The summed E-state index contributed by atoms with van der Waals surface area (Å²) in [6.45, 7) is 4.47. The van der Waals surface area contributed by atoms with Crippen LogP contribution < -0.4 is 4.74 Å². The van der Waals surface area contributed by atoms with Gasteiger partial charge in [-0.05, 0) is 26.0 Å². The van der Waals surface area contributed by atoms with Crippen molar-refractivity contribution in [3.05, 3.63) is 36.0 Å². The fourth-order valence-electron chi connectivity index (χ4n) is 1.77. The molecule has 4 heteroatoms. The molecule has 1 aromatic heterocycles. The third-order valence-corrected chi connectivity index (χ3v) is 2.51. The summed E-state index contributed by atoms with van der Waals surface area (Å²) in [5.41, 5.74) is 1.17. The van der Waals surface area contributed by atoms with Gasteiger partial charge in [0.05, 0.1) is 18.7 Å². The van der Waals surface area contributed by atoms with Crippen molar-refractivity contribution >= 4 is 16.9 Å². The Bertz CT molecular complexity index is 566. The number of carbonyl (C=O) groups excluding carboxylic acids is 1. The normalized spacial score (nSPS) is 10.3. The van der Waals surface area contributed by atoms with Gasteiger partial charge in [-0.3, -0.25) is 4.98 Å². The number of para-hydroxylation sites is 1. The van der Waals surface area contributed by atoms with E-state index in [1.54, 1.807) is 6.92 Å². The van der Waals surface area contributed by atoms with Gasteiger partial charge in [0, 0.05) is 11.6 Å². The lowest BCUT2D eigenvalue weighted by atomic mass is 10.1. The molecule has 0 saturated carbocycles. The van der Waals surface area contributed by atoms with Gasteiger partial charge in [-0.15, -0.1) is 0 Å². The van der Waals surface area contributed by atoms with Crippen LogP contribution in [0.25, 0.3) is 10.9 Å². The number of hydrogen-bond donors (Lipinski definition) is 0. The van der Waals surface area contributed by atoms with Crippen molar-refractivity contribution in [2.24, 2.45) is 0 Å². The second-order valence-corrected chi connectivity index (χ2v) is 3.67. The van der Waals surface area contributed by atoms with E-state index in [0.29, 0.717) is 24.5 Å². The number of rotatable bonds is 4. The van der Waals surface area contributed by atoms with Crippen LogP contribution >= 0.6 is 0 Å². The van der Waals surface area contributed by atoms with Crippen LogP contribution in [0.4, 0.5) is 0 Å². The van der Waals surface area contributed by atoms with Crippen LogP contribution in [0.1, 0.15) is 24.2 Å². The van der Waals surface area contributed by atoms with Gasteiger partial charge >= 0.3 is 5.97 Å². The van der Waals surface area contributed by atoms with E-state index in [-0.39, 0.29) is 0 Å². The Balaban J connectivity index is 2.58. The Morgan fingerprint density at radius 2 is 2.00 bits per heavy atom. The maximum atomic E-state index is 11.8. The molecule has 0 saturated heterocycles. The highest BCUT2D eigenvalue weighted by atomic mass is 16.5. The molecule has 0 aliphatic carbocycles. The summed E-state index contributed by atoms with van der Waals surface area (Å²) in [5.74, 6) is 0.140. The smallest absolute Gasteiger partial charge is 0.343 e. The molecule has 4 nitrogen and oxygen atoms in total. The van der Waals surface area contributed by atoms with E-state index in [9.17, 15) is 4.79 Å². The van der Waals surface area contributed by atoms with Gasteiger partial charge in [0.2, 0.25) is 0 Å². The molecule has 2 aromatic rings. The number of ether oxygens (including phenoxy) is 2. The highest BCUT2D eigenvalue weighted by molar-refractivity contribution is 5.99. The lowest BCUT2D eigenvalue weighted by Crippen LogP contribution is -2.09. The zero-order valence-corrected chi connectivity index (χ0v) is 10.5. The van der Waals surface area contributed by atoms with Crippen LogP contribution in [0.5, 0.6) is 5.75 Å². The minimum Gasteiger partial charge on any atom is -0.492 e. The fourth-order valence-corrected chi connectivity index (χ4v) is 1.77. The molecule has 0 radical (unpaired) electrons. The van der Waals surface area contributed by atoms with Gasteiger partial charge < -0.3 is 9.47 Å². The number of hydrogen-bond acceptors (Lipinski definition) is 4. The number of fused-ring (bicyclic) bond motifs is 1. The van der Waals surface area contributed by atoms with E-state index in [4.69, 9.17) is 9.47 Å². The van der Waals surface area contributed by atoms with Gasteiger partial charge in [-0.25, -0.2) is 4.79 Å². The molecule has 0 atom stereocenters. The van der Waals surface area contributed by atoms with E-state index in [2.05, 4.69) is 4.98 Å². The van der Waals surface area contributed by atoms with Crippen molar-refractivity contribution in [1.29, 1.82) is 0 Å². The minimum absolute atomic E-state index is 0.331. The van der Waals surface area contributed by atoms with Crippen LogP contribution in [-0.4, -0.2) is 24.2 Å². The largest absolute Gasteiger partial charge is 0.492 e. The Labute approximate surface area is 106 Å². The summed E-state index contributed by atoms with van der Waals surface area (Å²) >= 11 is 0. The number of aromatic nitrogens is 1. The van der Waals surface area contributed by atoms with Crippen LogP contribution in [0.3, 0.4) is 0 Å². The van der Waals surface area contributed by atoms with Crippen molar-refractivity contribution in [3.63, 3.8) is 0 Å². The molecule has 0 aliphatic rings. The van der Waals surface area contributed by atoms with Crippen LogP contribution in [-0.2, 0) is 4.74 Å². The van der Waals surface area contributed by atoms with E-state index in [1.807, 2.05) is 31.2 Å². The highest BCUT2D eigenvalue weighted by Crippen LogP contribution is 2.28. The third-order valence-electron chi connectivity index (χ3n) is 2.51. The number of carbonyl (C=O) groups is 1. The molecule has 0 spiro atoms. The maximum absolute atomic E-state index is 11.8. The van der Waals surface area contributed by atoms with Crippen molar-refractivity contribution < 1.29 is 14.3 Å². The minimum atomic E-state index is -0.404. The lowest BCUT2D eigenvalue weighted by Gasteiger charge is -2.11. The monoisotopic (exact) mass is 245 g/mol. The first-order chi connectivity index (χ1) is 8.77. The molecular weight excluding hydrogens is 230 g/mol. The first-order valence-corrected chi connectivity index (χ1v) is 5.95. The number of esters is 1. The Morgan fingerprint density at radius 1 is 1.22 bits per heavy atom. The van der Waals surface area contributed by atoms with Crippen LogP contribution in [0.2, 0.25) is 0 Å². The van der Waals surface area contributed by atoms with E-state index >= 15 is 0 Å². The van der Waals surface area contributed by atoms with Gasteiger partial charge in [0.15, 0.2) is 0 Å². The van der Waals surface area contributed by atoms with E-state index < -0.39 is 5.97 Å². The molecule has 0 fully saturated rings. The number of benzene rings is 1. The van der Waals surface area contributed by atoms with Crippen molar-refractivity contribution in [2.45, 2.75) is 13.8 Å². The second kappa shape index (κ2) is 5.49. The van der Waals surface area contributed by atoms with Crippen LogP contribution in [0.15, 0.2) is 30.5 Å². The standard InChI is InChI=1S/C14H15NO3/c1-3-17-13-10-7-5-6-8-12(10)15-9-11(13)14(16)18-4-2/h5-9H,3-4H2,1-2H3. The Kier molecular flexibility index (Phi) is 3.77. The topological polar surface area (TPSA) is 48.4 Å². The molecule has 2 rings (SSSR count). The molecule has 18 heavy (non-hydrogen) atoms. The maximum Gasteiger partial charge on any atom is 0.343 e. The first-order valence-electron chi connectivity index (χ1n) is 5.95. The summed E-state index contributed by atoms with van der Waals surface area (Å²) in [6.07, 6.45) is 1.51. The highest BCUT2D eigenvalue weighted by Gasteiger charge is 2.17. The Morgan fingerprint density at radius 3 is 2.72 bits per heavy atom. The molecule has 94 valence electrons. The van der Waals surface area contributed by atoms with Gasteiger partial charge in [0.25, 0.3) is 0 Å². The zero-order chi connectivity index (χ0) is 13.0. The number of nitrogens with zero attached hydrogens (tertiary/aromatic N) is 1. The van der Waals surface area contributed by atoms with Crippen LogP contribution in [0, 0.1) is 0 Å². The summed E-state index contributed by atoms with van der Waals surface area (Å²) in [6, 6.07) is 7.55. The zero-order valence-electron chi connectivity index (χ0n) is 10.5. The summed E-state index contributed by atoms with van der Waals surface area (Å²) in [4.78, 5) is 16.1. The summed E-state index contributed by atoms with van der Waals surface area (Å²) in [7, 11) is 0. The molecule has 0 unspecified atom stereocenters. The summed E-state index contributed by atoms with van der Waals surface area (Å²) in [5, 5.41) is 0.824. The quantitative estimate of drug-likeness (QED) is 0.777. The van der Waals surface area contributed by atoms with Crippen molar-refractivity contribution in [3.8, 4) is 5.75 Å². The lowest BCUT2D eigenvalue weighted by molar-refractivity contribution is 0.0522. The first kappa shape index (κ1) is 12.4. The van der Waals surface area contributed by atoms with Gasteiger partial charge in [0.1, 0.15) is 11.3 Å². The molecule has 1 heterocycles. The molecule has 0 bridgehead atoms. The number of pyridine rings is 1. The Hall–Kier alpha value is -2.10. The van der Waals surface area contributed by atoms with E-state index in [0.717, 1.165) is 10.9 Å². The molecule has 0 aliphatic heterocycles. The van der Waals surface area contributed by atoms with Crippen molar-refractivity contribution in [2.75, 3.05) is 13.2 Å². The average molecular weight is 245 g/mol. The third kappa shape index (κ3) is 2.27.